The highest BCUT2D eigenvalue weighted by Crippen LogP contribution is 2.35. The van der Waals surface area contributed by atoms with Gasteiger partial charge in [0, 0.05) is 12.1 Å². The van der Waals surface area contributed by atoms with Crippen molar-refractivity contribution in [2.75, 3.05) is 0 Å². The smallest absolute Gasteiger partial charge is 0.274 e. The molecule has 6 heteroatoms. The fraction of sp³-hybridized carbons (Fsp3) is 0.714. The van der Waals surface area contributed by atoms with Gasteiger partial charge in [-0.15, -0.1) is 0 Å². The van der Waals surface area contributed by atoms with E-state index in [2.05, 4.69) is 17.0 Å². The SMILES string of the molecule is CCCC1CC1NS(=O)(=O)c1ccc(CNC(C)C)o1. The fourth-order valence-electron chi connectivity index (χ4n) is 2.24. The Bertz CT molecular complexity index is 536. The molecule has 0 radical (unpaired) electrons. The second kappa shape index (κ2) is 6.28. The van der Waals surface area contributed by atoms with E-state index in [0.29, 0.717) is 24.3 Å². The summed E-state index contributed by atoms with van der Waals surface area (Å²) in [5.41, 5.74) is 0. The second-order valence-electron chi connectivity index (χ2n) is 5.77. The lowest BCUT2D eigenvalue weighted by Gasteiger charge is -2.05. The summed E-state index contributed by atoms with van der Waals surface area (Å²) in [5, 5.41) is 3.21. The molecule has 0 saturated heterocycles. The Balaban J connectivity index is 1.93. The van der Waals surface area contributed by atoms with Gasteiger partial charge in [-0.05, 0) is 30.9 Å². The first-order valence-corrected chi connectivity index (χ1v) is 8.75. The molecule has 0 aliphatic heterocycles. The summed E-state index contributed by atoms with van der Waals surface area (Å²) < 4.78 is 32.4. The van der Waals surface area contributed by atoms with E-state index in [0.717, 1.165) is 19.3 Å². The Morgan fingerprint density at radius 2 is 2.15 bits per heavy atom. The second-order valence-corrected chi connectivity index (χ2v) is 7.41. The fourth-order valence-corrected chi connectivity index (χ4v) is 3.51. The van der Waals surface area contributed by atoms with Crippen molar-refractivity contribution in [1.29, 1.82) is 0 Å². The molecule has 1 aliphatic rings. The van der Waals surface area contributed by atoms with E-state index < -0.39 is 10.0 Å². The van der Waals surface area contributed by atoms with Crippen molar-refractivity contribution in [3.05, 3.63) is 17.9 Å². The quantitative estimate of drug-likeness (QED) is 0.772. The molecule has 2 rings (SSSR count). The monoisotopic (exact) mass is 300 g/mol. The summed E-state index contributed by atoms with van der Waals surface area (Å²) in [6.07, 6.45) is 3.11. The minimum Gasteiger partial charge on any atom is -0.447 e. The zero-order chi connectivity index (χ0) is 14.8. The molecule has 0 aromatic carbocycles. The standard InChI is InChI=1S/C14H24N2O3S/c1-4-5-11-8-13(11)16-20(17,18)14-7-6-12(19-14)9-15-10(2)3/h6-7,10-11,13,15-16H,4-5,8-9H2,1-3H3. The van der Waals surface area contributed by atoms with Crippen LogP contribution < -0.4 is 10.0 Å². The van der Waals surface area contributed by atoms with Crippen molar-refractivity contribution >= 4 is 10.0 Å². The van der Waals surface area contributed by atoms with Gasteiger partial charge in [0.25, 0.3) is 10.0 Å². The van der Waals surface area contributed by atoms with Crippen molar-refractivity contribution in [1.82, 2.24) is 10.0 Å². The number of furan rings is 1. The lowest BCUT2D eigenvalue weighted by Crippen LogP contribution is -2.26. The van der Waals surface area contributed by atoms with Gasteiger partial charge in [0.05, 0.1) is 6.54 Å². The molecule has 5 nitrogen and oxygen atoms in total. The molecule has 20 heavy (non-hydrogen) atoms. The van der Waals surface area contributed by atoms with Crippen molar-refractivity contribution < 1.29 is 12.8 Å². The van der Waals surface area contributed by atoms with Crippen LogP contribution in [0.2, 0.25) is 0 Å². The Kier molecular flexibility index (Phi) is 4.88. The van der Waals surface area contributed by atoms with Crippen molar-refractivity contribution in [3.8, 4) is 0 Å². The molecule has 1 aromatic rings. The van der Waals surface area contributed by atoms with Gasteiger partial charge in [0.1, 0.15) is 5.76 Å². The molecule has 1 aliphatic carbocycles. The molecule has 1 saturated carbocycles. The lowest BCUT2D eigenvalue weighted by molar-refractivity contribution is 0.392. The molecule has 2 N–H and O–H groups in total. The molecule has 0 spiro atoms. The Morgan fingerprint density at radius 3 is 2.80 bits per heavy atom. The summed E-state index contributed by atoms with van der Waals surface area (Å²) in [6, 6.07) is 3.65. The van der Waals surface area contributed by atoms with Crippen LogP contribution in [0, 0.1) is 5.92 Å². The molecule has 1 aromatic heterocycles. The van der Waals surface area contributed by atoms with Crippen molar-refractivity contribution in [2.45, 2.75) is 63.8 Å². The third kappa shape index (κ3) is 4.07. The highest BCUT2D eigenvalue weighted by Gasteiger charge is 2.39. The molecule has 2 atom stereocenters. The van der Waals surface area contributed by atoms with E-state index in [4.69, 9.17) is 4.42 Å². The van der Waals surface area contributed by atoms with E-state index in [1.165, 1.54) is 6.07 Å². The Hall–Kier alpha value is -0.850. The molecule has 0 bridgehead atoms. The minimum atomic E-state index is -3.51. The molecule has 0 amide bonds. The van der Waals surface area contributed by atoms with Crippen LogP contribution in [0.25, 0.3) is 0 Å². The summed E-state index contributed by atoms with van der Waals surface area (Å²) in [5.74, 6) is 1.13. The van der Waals surface area contributed by atoms with Crippen LogP contribution in [0.15, 0.2) is 21.6 Å². The van der Waals surface area contributed by atoms with Gasteiger partial charge in [-0.3, -0.25) is 0 Å². The predicted octanol–water partition coefficient (Wildman–Crippen LogP) is 2.24. The third-order valence-electron chi connectivity index (χ3n) is 3.47. The maximum Gasteiger partial charge on any atom is 0.274 e. The van der Waals surface area contributed by atoms with Gasteiger partial charge in [-0.2, -0.15) is 0 Å². The maximum atomic E-state index is 12.2. The van der Waals surface area contributed by atoms with E-state index >= 15 is 0 Å². The van der Waals surface area contributed by atoms with Crippen LogP contribution in [0.3, 0.4) is 0 Å². The first-order chi connectivity index (χ1) is 9.42. The van der Waals surface area contributed by atoms with Crippen LogP contribution in [0.1, 0.15) is 45.8 Å². The lowest BCUT2D eigenvalue weighted by atomic mass is 10.2. The molecule has 1 fully saturated rings. The van der Waals surface area contributed by atoms with Gasteiger partial charge in [0.2, 0.25) is 5.09 Å². The molecule has 1 heterocycles. The zero-order valence-electron chi connectivity index (χ0n) is 12.3. The number of sulfonamides is 1. The highest BCUT2D eigenvalue weighted by molar-refractivity contribution is 7.89. The van der Waals surface area contributed by atoms with Crippen LogP contribution in [-0.2, 0) is 16.6 Å². The number of rotatable bonds is 8. The van der Waals surface area contributed by atoms with E-state index in [1.807, 2.05) is 13.8 Å². The highest BCUT2D eigenvalue weighted by atomic mass is 32.2. The van der Waals surface area contributed by atoms with Crippen LogP contribution >= 0.6 is 0 Å². The van der Waals surface area contributed by atoms with Gasteiger partial charge < -0.3 is 9.73 Å². The number of hydrogen-bond acceptors (Lipinski definition) is 4. The average Bonchev–Trinajstić information content (AvgIpc) is 2.91. The summed E-state index contributed by atoms with van der Waals surface area (Å²) >= 11 is 0. The van der Waals surface area contributed by atoms with Gasteiger partial charge >= 0.3 is 0 Å². The first-order valence-electron chi connectivity index (χ1n) is 7.26. The van der Waals surface area contributed by atoms with Crippen LogP contribution in [0.4, 0.5) is 0 Å². The predicted molar refractivity (Wildman–Crippen MR) is 77.8 cm³/mol. The number of nitrogens with one attached hydrogen (secondary N) is 2. The third-order valence-corrected chi connectivity index (χ3v) is 4.84. The van der Waals surface area contributed by atoms with Crippen LogP contribution in [0.5, 0.6) is 0 Å². The van der Waals surface area contributed by atoms with E-state index in [9.17, 15) is 8.42 Å². The number of hydrogen-bond donors (Lipinski definition) is 2. The summed E-state index contributed by atoms with van der Waals surface area (Å²) in [4.78, 5) is 0. The zero-order valence-corrected chi connectivity index (χ0v) is 13.2. The Morgan fingerprint density at radius 1 is 1.40 bits per heavy atom. The van der Waals surface area contributed by atoms with Crippen molar-refractivity contribution in [2.24, 2.45) is 5.92 Å². The molecular formula is C14H24N2O3S. The van der Waals surface area contributed by atoms with Crippen LogP contribution in [-0.4, -0.2) is 20.5 Å². The minimum absolute atomic E-state index is 0.0141. The maximum absolute atomic E-state index is 12.2. The molecule has 114 valence electrons. The normalized spacial score (nSPS) is 22.4. The summed E-state index contributed by atoms with van der Waals surface area (Å²) in [6.45, 7) is 6.71. The van der Waals surface area contributed by atoms with Gasteiger partial charge in [0.15, 0.2) is 0 Å². The van der Waals surface area contributed by atoms with Gasteiger partial charge in [-0.1, -0.05) is 27.2 Å². The molecular weight excluding hydrogens is 276 g/mol. The summed E-state index contributed by atoms with van der Waals surface area (Å²) in [7, 11) is -3.51. The van der Waals surface area contributed by atoms with Crippen molar-refractivity contribution in [3.63, 3.8) is 0 Å². The first kappa shape index (κ1) is 15.5. The molecule has 2 unspecified atom stereocenters. The largest absolute Gasteiger partial charge is 0.447 e. The average molecular weight is 300 g/mol. The topological polar surface area (TPSA) is 71.3 Å². The Labute approximate surface area is 121 Å². The van der Waals surface area contributed by atoms with Gasteiger partial charge in [-0.25, -0.2) is 13.1 Å². The van der Waals surface area contributed by atoms with E-state index in [-0.39, 0.29) is 11.1 Å². The van der Waals surface area contributed by atoms with E-state index in [1.54, 1.807) is 6.07 Å².